The minimum Gasteiger partial charge on any atom is -0.353 e. The molecule has 0 unspecified atom stereocenters. The summed E-state index contributed by atoms with van der Waals surface area (Å²) in [5.41, 5.74) is 1.42. The fourth-order valence-electron chi connectivity index (χ4n) is 3.36. The number of hydrogen-bond donors (Lipinski definition) is 1. The Morgan fingerprint density at radius 3 is 2.37 bits per heavy atom. The lowest BCUT2D eigenvalue weighted by Gasteiger charge is -2.29. The van der Waals surface area contributed by atoms with E-state index in [0.29, 0.717) is 28.8 Å². The predicted octanol–water partition coefficient (Wildman–Crippen LogP) is 5.01. The average Bonchev–Trinajstić information content (AvgIpc) is 3.43. The van der Waals surface area contributed by atoms with Gasteiger partial charge in [-0.2, -0.15) is 0 Å². The summed E-state index contributed by atoms with van der Waals surface area (Å²) >= 11 is 12.4. The maximum Gasteiger partial charge on any atom is 0.322 e. The molecule has 3 rings (SSSR count). The maximum absolute atomic E-state index is 13.2. The van der Waals surface area contributed by atoms with Gasteiger partial charge in [0.2, 0.25) is 5.91 Å². The number of anilines is 1. The highest BCUT2D eigenvalue weighted by Crippen LogP contribution is 2.31. The van der Waals surface area contributed by atoms with Crippen LogP contribution in [0.25, 0.3) is 0 Å². The first-order valence-electron chi connectivity index (χ1n) is 10.2. The molecule has 0 atom stereocenters. The van der Waals surface area contributed by atoms with E-state index < -0.39 is 0 Å². The van der Waals surface area contributed by atoms with Crippen molar-refractivity contribution in [1.82, 2.24) is 14.4 Å². The van der Waals surface area contributed by atoms with E-state index in [9.17, 15) is 9.59 Å². The van der Waals surface area contributed by atoms with Crippen LogP contribution in [-0.4, -0.2) is 45.4 Å². The molecular weight excluding hydrogens is 423 g/mol. The molecule has 0 spiro atoms. The van der Waals surface area contributed by atoms with Crippen molar-refractivity contribution in [1.29, 1.82) is 0 Å². The van der Waals surface area contributed by atoms with Crippen LogP contribution in [0.3, 0.4) is 0 Å². The number of aryl methyl sites for hydroxylation is 1. The Balaban J connectivity index is 1.73. The van der Waals surface area contributed by atoms with Crippen molar-refractivity contribution >= 4 is 40.8 Å². The van der Waals surface area contributed by atoms with Gasteiger partial charge in [0.25, 0.3) is 0 Å². The molecule has 1 aliphatic rings. The van der Waals surface area contributed by atoms with Crippen molar-refractivity contribution < 1.29 is 9.59 Å². The van der Waals surface area contributed by atoms with Gasteiger partial charge >= 0.3 is 6.03 Å². The van der Waals surface area contributed by atoms with Gasteiger partial charge < -0.3 is 19.7 Å². The number of carbonyl (C=O) groups is 2. The minimum atomic E-state index is -0.387. The van der Waals surface area contributed by atoms with E-state index >= 15 is 0 Å². The Kier molecular flexibility index (Phi) is 7.32. The zero-order valence-corrected chi connectivity index (χ0v) is 19.1. The second-order valence-corrected chi connectivity index (χ2v) is 8.98. The van der Waals surface area contributed by atoms with Gasteiger partial charge in [-0.1, -0.05) is 43.1 Å². The lowest BCUT2D eigenvalue weighted by molar-refractivity contribution is -0.133. The second-order valence-electron chi connectivity index (χ2n) is 8.16. The molecule has 0 saturated heterocycles. The highest BCUT2D eigenvalue weighted by atomic mass is 35.5. The van der Waals surface area contributed by atoms with Crippen LogP contribution >= 0.6 is 23.2 Å². The summed E-state index contributed by atoms with van der Waals surface area (Å²) in [5, 5.41) is 3.49. The number of nitrogens with zero attached hydrogens (tertiary/aromatic N) is 3. The molecule has 3 amide bonds. The number of urea groups is 1. The fraction of sp³-hybridized carbons (Fsp3) is 0.455. The molecule has 6 nitrogen and oxygen atoms in total. The molecule has 1 aliphatic carbocycles. The molecule has 162 valence electrons. The van der Waals surface area contributed by atoms with Crippen molar-refractivity contribution in [3.63, 3.8) is 0 Å². The SMILES string of the molecule is CC(C)CN(CC(=O)N(Cc1cccn1C)C1CC1)C(=O)Nc1c(Cl)cccc1Cl. The van der Waals surface area contributed by atoms with Gasteiger partial charge in [0, 0.05) is 31.5 Å². The lowest BCUT2D eigenvalue weighted by Crippen LogP contribution is -2.46. The summed E-state index contributed by atoms with van der Waals surface area (Å²) in [4.78, 5) is 29.6. The van der Waals surface area contributed by atoms with Crippen LogP contribution in [0.2, 0.25) is 10.0 Å². The van der Waals surface area contributed by atoms with Crippen LogP contribution in [0.15, 0.2) is 36.5 Å². The first-order valence-corrected chi connectivity index (χ1v) is 10.9. The molecule has 8 heteroatoms. The summed E-state index contributed by atoms with van der Waals surface area (Å²) < 4.78 is 2.01. The smallest absolute Gasteiger partial charge is 0.322 e. The number of carbonyl (C=O) groups excluding carboxylic acids is 2. The van der Waals surface area contributed by atoms with E-state index in [1.54, 1.807) is 18.2 Å². The van der Waals surface area contributed by atoms with E-state index in [2.05, 4.69) is 5.32 Å². The first kappa shape index (κ1) is 22.5. The Hall–Kier alpha value is -2.18. The third-order valence-electron chi connectivity index (χ3n) is 5.09. The van der Waals surface area contributed by atoms with Crippen LogP contribution < -0.4 is 5.32 Å². The van der Waals surface area contributed by atoms with Gasteiger partial charge in [-0.15, -0.1) is 0 Å². The number of rotatable bonds is 8. The van der Waals surface area contributed by atoms with Crippen molar-refractivity contribution in [2.75, 3.05) is 18.4 Å². The average molecular weight is 451 g/mol. The maximum atomic E-state index is 13.2. The Bertz CT molecular complexity index is 888. The summed E-state index contributed by atoms with van der Waals surface area (Å²) in [7, 11) is 1.97. The molecule has 1 heterocycles. The Labute approximate surface area is 187 Å². The molecule has 0 aliphatic heterocycles. The fourth-order valence-corrected chi connectivity index (χ4v) is 3.85. The van der Waals surface area contributed by atoms with E-state index in [-0.39, 0.29) is 30.4 Å². The Morgan fingerprint density at radius 2 is 1.83 bits per heavy atom. The lowest BCUT2D eigenvalue weighted by atomic mass is 10.2. The zero-order chi connectivity index (χ0) is 21.8. The van der Waals surface area contributed by atoms with Gasteiger partial charge in [-0.25, -0.2) is 4.79 Å². The van der Waals surface area contributed by atoms with E-state index in [1.165, 1.54) is 4.90 Å². The summed E-state index contributed by atoms with van der Waals surface area (Å²) in [6, 6.07) is 8.88. The third-order valence-corrected chi connectivity index (χ3v) is 5.72. The number of nitrogens with one attached hydrogen (secondary N) is 1. The highest BCUT2D eigenvalue weighted by molar-refractivity contribution is 6.39. The van der Waals surface area contributed by atoms with Crippen molar-refractivity contribution in [3.05, 3.63) is 52.3 Å². The molecule has 1 fully saturated rings. The number of aromatic nitrogens is 1. The van der Waals surface area contributed by atoms with E-state index in [4.69, 9.17) is 23.2 Å². The molecule has 2 aromatic rings. The van der Waals surface area contributed by atoms with Crippen LogP contribution in [0.5, 0.6) is 0 Å². The van der Waals surface area contributed by atoms with Crippen molar-refractivity contribution in [3.8, 4) is 0 Å². The number of hydrogen-bond acceptors (Lipinski definition) is 2. The van der Waals surface area contributed by atoms with Gasteiger partial charge in [0.05, 0.1) is 22.3 Å². The highest BCUT2D eigenvalue weighted by Gasteiger charge is 2.34. The number of para-hydroxylation sites is 1. The number of benzene rings is 1. The van der Waals surface area contributed by atoms with Crippen LogP contribution in [0, 0.1) is 5.92 Å². The van der Waals surface area contributed by atoms with Gasteiger partial charge in [-0.05, 0) is 43.0 Å². The first-order chi connectivity index (χ1) is 14.3. The predicted molar refractivity (Wildman–Crippen MR) is 121 cm³/mol. The third kappa shape index (κ3) is 5.70. The molecule has 1 saturated carbocycles. The van der Waals surface area contributed by atoms with Crippen molar-refractivity contribution in [2.45, 2.75) is 39.3 Å². The largest absolute Gasteiger partial charge is 0.353 e. The molecular formula is C22H28Cl2N4O2. The molecule has 1 aromatic carbocycles. The Morgan fingerprint density at radius 1 is 1.17 bits per heavy atom. The van der Waals surface area contributed by atoms with E-state index in [0.717, 1.165) is 18.5 Å². The van der Waals surface area contributed by atoms with Crippen LogP contribution in [0.1, 0.15) is 32.4 Å². The topological polar surface area (TPSA) is 57.6 Å². The van der Waals surface area contributed by atoms with Crippen LogP contribution in [-0.2, 0) is 18.4 Å². The number of amides is 3. The van der Waals surface area contributed by atoms with Gasteiger partial charge in [-0.3, -0.25) is 4.79 Å². The molecule has 0 radical (unpaired) electrons. The molecule has 0 bridgehead atoms. The quantitative estimate of drug-likeness (QED) is 0.613. The minimum absolute atomic E-state index is 0.00695. The number of halogens is 2. The monoisotopic (exact) mass is 450 g/mol. The summed E-state index contributed by atoms with van der Waals surface area (Å²) in [5.74, 6) is 0.146. The standard InChI is InChI=1S/C22H28Cl2N4O2/c1-15(2)12-27(22(30)25-21-18(23)7-4-8-19(21)24)14-20(29)28(16-9-10-16)13-17-6-5-11-26(17)3/h4-8,11,15-16H,9-10,12-14H2,1-3H3,(H,25,30). The van der Waals surface area contributed by atoms with Crippen molar-refractivity contribution in [2.24, 2.45) is 13.0 Å². The molecule has 30 heavy (non-hydrogen) atoms. The zero-order valence-electron chi connectivity index (χ0n) is 17.6. The van der Waals surface area contributed by atoms with Gasteiger partial charge in [0.15, 0.2) is 0 Å². The summed E-state index contributed by atoms with van der Waals surface area (Å²) in [6.45, 7) is 5.02. The molecule has 1 aromatic heterocycles. The summed E-state index contributed by atoms with van der Waals surface area (Å²) in [6.07, 6.45) is 3.97. The normalized spacial score (nSPS) is 13.4. The second kappa shape index (κ2) is 9.75. The van der Waals surface area contributed by atoms with Gasteiger partial charge in [0.1, 0.15) is 6.54 Å². The molecule has 1 N–H and O–H groups in total. The van der Waals surface area contributed by atoms with E-state index in [1.807, 2.05) is 48.7 Å². The van der Waals surface area contributed by atoms with Crippen LogP contribution in [0.4, 0.5) is 10.5 Å².